The van der Waals surface area contributed by atoms with Crippen LogP contribution in [0, 0.1) is 31.6 Å². The fourth-order valence-corrected chi connectivity index (χ4v) is 6.38. The molecule has 2 aliphatic carbocycles. The highest BCUT2D eigenvalue weighted by Crippen LogP contribution is 2.65. The molecule has 2 saturated carbocycles. The van der Waals surface area contributed by atoms with Gasteiger partial charge in [-0.25, -0.2) is 15.4 Å². The molecule has 168 valence electrons. The first-order valence-corrected chi connectivity index (χ1v) is 11.6. The first kappa shape index (κ1) is 19.9. The number of hydrogen-bond donors (Lipinski definition) is 4. The summed E-state index contributed by atoms with van der Waals surface area (Å²) in [6, 6.07) is 6.73. The van der Waals surface area contributed by atoms with E-state index < -0.39 is 0 Å². The zero-order valence-corrected chi connectivity index (χ0v) is 18.7. The Morgan fingerprint density at radius 3 is 2.94 bits per heavy atom. The van der Waals surface area contributed by atoms with E-state index in [4.69, 9.17) is 4.74 Å². The molecule has 4 N–H and O–H groups in total. The molecule has 32 heavy (non-hydrogen) atoms. The number of anilines is 2. The minimum atomic E-state index is -0.297. The number of nitrogens with one attached hydrogen (secondary N) is 4. The molecule has 1 aromatic carbocycles. The Kier molecular flexibility index (Phi) is 4.45. The van der Waals surface area contributed by atoms with Gasteiger partial charge in [-0.3, -0.25) is 10.2 Å². The van der Waals surface area contributed by atoms with E-state index in [0.29, 0.717) is 35.4 Å². The summed E-state index contributed by atoms with van der Waals surface area (Å²) in [5.74, 6) is 3.72. The van der Waals surface area contributed by atoms with Crippen LogP contribution in [-0.4, -0.2) is 35.2 Å². The van der Waals surface area contributed by atoms with Crippen LogP contribution in [0.5, 0.6) is 5.75 Å². The summed E-state index contributed by atoms with van der Waals surface area (Å²) >= 11 is 0. The summed E-state index contributed by atoms with van der Waals surface area (Å²) in [7, 11) is 1.64. The smallest absolute Gasteiger partial charge is 0.235 e. The summed E-state index contributed by atoms with van der Waals surface area (Å²) in [6.07, 6.45) is 6.09. The minimum absolute atomic E-state index is 0.0791. The third-order valence-corrected chi connectivity index (χ3v) is 8.08. The number of carbonyl (C=O) groups is 1. The SMILES string of the molecule is COc1cnc(C)nc1NC1NNC2CC([C@@H]3C[C@@]34C(=O)Nc3ccc(C)cc34)CCC21. The minimum Gasteiger partial charge on any atom is -0.491 e. The number of methoxy groups -OCH3 is 1. The average molecular weight is 435 g/mol. The molecule has 4 aliphatic rings. The second-order valence-electron chi connectivity index (χ2n) is 9.87. The third kappa shape index (κ3) is 2.93. The van der Waals surface area contributed by atoms with Crippen LogP contribution in [0.15, 0.2) is 24.4 Å². The molecule has 8 nitrogen and oxygen atoms in total. The molecule has 0 bridgehead atoms. The van der Waals surface area contributed by atoms with E-state index in [-0.39, 0.29) is 17.5 Å². The predicted molar refractivity (Wildman–Crippen MR) is 121 cm³/mol. The van der Waals surface area contributed by atoms with Gasteiger partial charge in [0.2, 0.25) is 5.91 Å². The maximum atomic E-state index is 13.0. The number of hydrazine groups is 1. The van der Waals surface area contributed by atoms with Crippen molar-refractivity contribution in [3.8, 4) is 5.75 Å². The van der Waals surface area contributed by atoms with Gasteiger partial charge in [0, 0.05) is 17.6 Å². The van der Waals surface area contributed by atoms with E-state index in [2.05, 4.69) is 56.6 Å². The van der Waals surface area contributed by atoms with Crippen LogP contribution in [0.2, 0.25) is 0 Å². The molecule has 6 rings (SSSR count). The number of aromatic nitrogens is 2. The molecule has 1 amide bonds. The number of ether oxygens (including phenoxy) is 1. The van der Waals surface area contributed by atoms with Gasteiger partial charge in [-0.2, -0.15) is 0 Å². The molecule has 3 fully saturated rings. The third-order valence-electron chi connectivity index (χ3n) is 8.08. The second-order valence-corrected chi connectivity index (χ2v) is 9.87. The number of carbonyl (C=O) groups excluding carboxylic acids is 1. The van der Waals surface area contributed by atoms with Crippen LogP contribution in [0.4, 0.5) is 11.5 Å². The van der Waals surface area contributed by atoms with Crippen molar-refractivity contribution in [3.05, 3.63) is 41.3 Å². The van der Waals surface area contributed by atoms with Crippen molar-refractivity contribution in [2.75, 3.05) is 17.7 Å². The van der Waals surface area contributed by atoms with Crippen LogP contribution in [0.25, 0.3) is 0 Å². The van der Waals surface area contributed by atoms with Crippen molar-refractivity contribution in [3.63, 3.8) is 0 Å². The lowest BCUT2D eigenvalue weighted by Crippen LogP contribution is -2.39. The quantitative estimate of drug-likeness (QED) is 0.587. The molecular formula is C24H30N6O2. The molecule has 6 atom stereocenters. The fraction of sp³-hybridized carbons (Fsp3) is 0.542. The fourth-order valence-electron chi connectivity index (χ4n) is 6.38. The Hall–Kier alpha value is -2.71. The zero-order chi connectivity index (χ0) is 22.0. The molecule has 3 heterocycles. The van der Waals surface area contributed by atoms with Crippen LogP contribution in [0.1, 0.15) is 42.6 Å². The lowest BCUT2D eigenvalue weighted by molar-refractivity contribution is -0.118. The highest BCUT2D eigenvalue weighted by Gasteiger charge is 2.67. The van der Waals surface area contributed by atoms with Crippen molar-refractivity contribution in [1.82, 2.24) is 20.8 Å². The Bertz CT molecular complexity index is 1090. The summed E-state index contributed by atoms with van der Waals surface area (Å²) in [5.41, 5.74) is 10.1. The summed E-state index contributed by atoms with van der Waals surface area (Å²) in [4.78, 5) is 21.7. The highest BCUT2D eigenvalue weighted by molar-refractivity contribution is 6.09. The monoisotopic (exact) mass is 434 g/mol. The second kappa shape index (κ2) is 7.15. The van der Waals surface area contributed by atoms with Gasteiger partial charge in [0.05, 0.1) is 24.9 Å². The average Bonchev–Trinajstić information content (AvgIpc) is 3.34. The number of benzene rings is 1. The van der Waals surface area contributed by atoms with E-state index in [9.17, 15) is 4.79 Å². The predicted octanol–water partition coefficient (Wildman–Crippen LogP) is 2.64. The van der Waals surface area contributed by atoms with E-state index in [1.54, 1.807) is 13.3 Å². The Labute approximate surface area is 187 Å². The first-order valence-electron chi connectivity index (χ1n) is 11.6. The molecule has 2 aromatic rings. The number of rotatable bonds is 4. The lowest BCUT2D eigenvalue weighted by atomic mass is 9.74. The van der Waals surface area contributed by atoms with Gasteiger partial charge in [-0.1, -0.05) is 17.7 Å². The van der Waals surface area contributed by atoms with Crippen LogP contribution in [0.3, 0.4) is 0 Å². The van der Waals surface area contributed by atoms with Gasteiger partial charge in [0.1, 0.15) is 5.82 Å². The van der Waals surface area contributed by atoms with Gasteiger partial charge in [-0.15, -0.1) is 0 Å². The van der Waals surface area contributed by atoms with Crippen molar-refractivity contribution in [2.24, 2.45) is 17.8 Å². The summed E-state index contributed by atoms with van der Waals surface area (Å²) in [6.45, 7) is 3.98. The van der Waals surface area contributed by atoms with E-state index in [1.807, 2.05) is 6.92 Å². The Balaban J connectivity index is 1.16. The van der Waals surface area contributed by atoms with Crippen molar-refractivity contribution in [1.29, 1.82) is 0 Å². The number of hydrogen-bond acceptors (Lipinski definition) is 7. The van der Waals surface area contributed by atoms with Crippen LogP contribution >= 0.6 is 0 Å². The number of nitrogens with zero attached hydrogens (tertiary/aromatic N) is 2. The molecule has 2 aliphatic heterocycles. The molecule has 1 spiro atoms. The van der Waals surface area contributed by atoms with Crippen molar-refractivity contribution < 1.29 is 9.53 Å². The summed E-state index contributed by atoms with van der Waals surface area (Å²) < 4.78 is 5.43. The lowest BCUT2D eigenvalue weighted by Gasteiger charge is -2.34. The van der Waals surface area contributed by atoms with Crippen molar-refractivity contribution >= 4 is 17.4 Å². The molecule has 0 radical (unpaired) electrons. The van der Waals surface area contributed by atoms with E-state index >= 15 is 0 Å². The standard InChI is InChI=1S/C24H30N6O2/c1-12-4-7-18-16(8-12)24(23(31)27-18)10-17(24)14-5-6-15-19(9-14)29-30-21(15)28-22-20(32-3)11-25-13(2)26-22/h4,7-8,11,14-15,17,19,21,29-30H,5-6,9-10H2,1-3H3,(H,27,31)(H,25,26,28)/t14?,15?,17-,19?,21?,24-/m0/s1. The van der Waals surface area contributed by atoms with Gasteiger partial charge >= 0.3 is 0 Å². The maximum absolute atomic E-state index is 13.0. The zero-order valence-electron chi connectivity index (χ0n) is 18.7. The number of aryl methyl sites for hydroxylation is 2. The van der Waals surface area contributed by atoms with Gasteiger partial charge in [0.25, 0.3) is 0 Å². The van der Waals surface area contributed by atoms with Crippen molar-refractivity contribution in [2.45, 2.75) is 57.2 Å². The normalized spacial score (nSPS) is 34.7. The van der Waals surface area contributed by atoms with Gasteiger partial charge in [0.15, 0.2) is 11.6 Å². The van der Waals surface area contributed by atoms with Crippen LogP contribution < -0.4 is 26.2 Å². The molecule has 8 heteroatoms. The molecular weight excluding hydrogens is 404 g/mol. The Morgan fingerprint density at radius 2 is 2.09 bits per heavy atom. The largest absolute Gasteiger partial charge is 0.491 e. The molecule has 1 saturated heterocycles. The number of amides is 1. The number of fused-ring (bicyclic) bond motifs is 3. The van der Waals surface area contributed by atoms with Crippen LogP contribution in [-0.2, 0) is 10.2 Å². The molecule has 1 aromatic heterocycles. The van der Waals surface area contributed by atoms with Gasteiger partial charge in [-0.05, 0) is 63.0 Å². The Morgan fingerprint density at radius 1 is 1.22 bits per heavy atom. The first-order chi connectivity index (χ1) is 15.5. The van der Waals surface area contributed by atoms with E-state index in [0.717, 1.165) is 37.2 Å². The highest BCUT2D eigenvalue weighted by atomic mass is 16.5. The molecule has 4 unspecified atom stereocenters. The maximum Gasteiger partial charge on any atom is 0.235 e. The summed E-state index contributed by atoms with van der Waals surface area (Å²) in [5, 5.41) is 6.66. The van der Waals surface area contributed by atoms with Gasteiger partial charge < -0.3 is 15.4 Å². The topological polar surface area (TPSA) is 100 Å². The van der Waals surface area contributed by atoms with E-state index in [1.165, 1.54) is 11.1 Å².